The Balaban J connectivity index is 2.03. The molecule has 21 heavy (non-hydrogen) atoms. The molecule has 1 amide bonds. The SMILES string of the molecule is CC(=O)Nc1ccn(C2C=CC(COC(C)=O)O2)c(=O)n1. The van der Waals surface area contributed by atoms with Crippen LogP contribution in [0.3, 0.4) is 0 Å². The van der Waals surface area contributed by atoms with Crippen LogP contribution in [0.5, 0.6) is 0 Å². The molecule has 2 rings (SSSR count). The Morgan fingerprint density at radius 1 is 1.43 bits per heavy atom. The maximum Gasteiger partial charge on any atom is 0.351 e. The minimum absolute atomic E-state index is 0.0918. The summed E-state index contributed by atoms with van der Waals surface area (Å²) in [6, 6.07) is 1.50. The van der Waals surface area contributed by atoms with Gasteiger partial charge in [-0.15, -0.1) is 0 Å². The number of amides is 1. The van der Waals surface area contributed by atoms with E-state index in [1.807, 2.05) is 0 Å². The number of anilines is 1. The van der Waals surface area contributed by atoms with Crippen molar-refractivity contribution in [2.75, 3.05) is 11.9 Å². The predicted octanol–water partition coefficient (Wildman–Crippen LogP) is 0.218. The highest BCUT2D eigenvalue weighted by molar-refractivity contribution is 5.87. The van der Waals surface area contributed by atoms with Gasteiger partial charge in [0.2, 0.25) is 5.91 Å². The third-order valence-corrected chi connectivity index (χ3v) is 2.66. The quantitative estimate of drug-likeness (QED) is 0.629. The minimum Gasteiger partial charge on any atom is -0.463 e. The summed E-state index contributed by atoms with van der Waals surface area (Å²) in [5, 5.41) is 2.43. The molecule has 112 valence electrons. The van der Waals surface area contributed by atoms with Crippen molar-refractivity contribution in [3.05, 3.63) is 34.9 Å². The van der Waals surface area contributed by atoms with Gasteiger partial charge in [0.05, 0.1) is 0 Å². The van der Waals surface area contributed by atoms with Gasteiger partial charge in [0.15, 0.2) is 6.23 Å². The lowest BCUT2D eigenvalue weighted by molar-refractivity contribution is -0.145. The molecule has 1 aromatic rings. The van der Waals surface area contributed by atoms with E-state index < -0.39 is 24.0 Å². The number of nitrogens with one attached hydrogen (secondary N) is 1. The van der Waals surface area contributed by atoms with Crippen LogP contribution in [0.15, 0.2) is 29.2 Å². The monoisotopic (exact) mass is 293 g/mol. The Morgan fingerprint density at radius 3 is 2.81 bits per heavy atom. The van der Waals surface area contributed by atoms with Gasteiger partial charge in [0.25, 0.3) is 0 Å². The van der Waals surface area contributed by atoms with Crippen LogP contribution in [-0.2, 0) is 19.1 Å². The largest absolute Gasteiger partial charge is 0.463 e. The Bertz CT molecular complexity index is 637. The van der Waals surface area contributed by atoms with Crippen molar-refractivity contribution in [1.29, 1.82) is 0 Å². The van der Waals surface area contributed by atoms with Gasteiger partial charge in [0.1, 0.15) is 18.5 Å². The van der Waals surface area contributed by atoms with Crippen LogP contribution >= 0.6 is 0 Å². The van der Waals surface area contributed by atoms with E-state index in [0.29, 0.717) is 0 Å². The van der Waals surface area contributed by atoms with Crippen LogP contribution < -0.4 is 11.0 Å². The topological polar surface area (TPSA) is 99.5 Å². The van der Waals surface area contributed by atoms with Crippen molar-refractivity contribution in [2.24, 2.45) is 0 Å². The Hall–Kier alpha value is -2.48. The molecular formula is C13H15N3O5. The van der Waals surface area contributed by atoms with Gasteiger partial charge in [-0.1, -0.05) is 6.08 Å². The van der Waals surface area contributed by atoms with E-state index >= 15 is 0 Å². The standard InChI is InChI=1S/C13H15N3O5/c1-8(17)14-11-5-6-16(13(19)15-11)12-4-3-10(21-12)7-20-9(2)18/h3-6,10,12H,7H2,1-2H3,(H,14,15,17,19). The highest BCUT2D eigenvalue weighted by atomic mass is 16.6. The van der Waals surface area contributed by atoms with Crippen LogP contribution in [0.25, 0.3) is 0 Å². The first-order valence-corrected chi connectivity index (χ1v) is 6.29. The maximum atomic E-state index is 11.9. The van der Waals surface area contributed by atoms with Gasteiger partial charge in [0, 0.05) is 20.0 Å². The molecule has 2 atom stereocenters. The summed E-state index contributed by atoms with van der Waals surface area (Å²) < 4.78 is 11.7. The van der Waals surface area contributed by atoms with Gasteiger partial charge in [-0.3, -0.25) is 14.2 Å². The number of hydrogen-bond acceptors (Lipinski definition) is 6. The third-order valence-electron chi connectivity index (χ3n) is 2.66. The van der Waals surface area contributed by atoms with E-state index in [-0.39, 0.29) is 18.3 Å². The number of hydrogen-bond donors (Lipinski definition) is 1. The van der Waals surface area contributed by atoms with Crippen LogP contribution in [0, 0.1) is 0 Å². The number of carbonyl (C=O) groups excluding carboxylic acids is 2. The Kier molecular flexibility index (Phi) is 4.49. The normalized spacial score (nSPS) is 20.3. The fraction of sp³-hybridized carbons (Fsp3) is 0.385. The van der Waals surface area contributed by atoms with E-state index in [2.05, 4.69) is 10.3 Å². The number of nitrogens with zero attached hydrogens (tertiary/aromatic N) is 2. The molecule has 0 fully saturated rings. The summed E-state index contributed by atoms with van der Waals surface area (Å²) in [6.07, 6.45) is 3.85. The van der Waals surface area contributed by atoms with Crippen molar-refractivity contribution in [3.8, 4) is 0 Å². The Morgan fingerprint density at radius 2 is 2.19 bits per heavy atom. The van der Waals surface area contributed by atoms with Gasteiger partial charge in [-0.2, -0.15) is 4.98 Å². The zero-order valence-electron chi connectivity index (χ0n) is 11.6. The second kappa shape index (κ2) is 6.31. The highest BCUT2D eigenvalue weighted by Crippen LogP contribution is 2.20. The smallest absolute Gasteiger partial charge is 0.351 e. The summed E-state index contributed by atoms with van der Waals surface area (Å²) in [4.78, 5) is 37.2. The first kappa shape index (κ1) is 14.9. The fourth-order valence-corrected chi connectivity index (χ4v) is 1.80. The summed E-state index contributed by atoms with van der Waals surface area (Å²) >= 11 is 0. The molecule has 0 aliphatic carbocycles. The van der Waals surface area contributed by atoms with Crippen molar-refractivity contribution < 1.29 is 19.1 Å². The lowest BCUT2D eigenvalue weighted by Crippen LogP contribution is -2.29. The Labute approximate surface area is 120 Å². The molecule has 0 bridgehead atoms. The molecule has 0 saturated carbocycles. The molecule has 8 nitrogen and oxygen atoms in total. The maximum absolute atomic E-state index is 11.9. The molecule has 1 aromatic heterocycles. The van der Waals surface area contributed by atoms with Crippen molar-refractivity contribution >= 4 is 17.7 Å². The van der Waals surface area contributed by atoms with Gasteiger partial charge in [-0.05, 0) is 12.1 Å². The fourth-order valence-electron chi connectivity index (χ4n) is 1.80. The van der Waals surface area contributed by atoms with Gasteiger partial charge in [-0.25, -0.2) is 4.79 Å². The zero-order valence-corrected chi connectivity index (χ0v) is 11.6. The number of aromatic nitrogens is 2. The molecule has 0 saturated heterocycles. The highest BCUT2D eigenvalue weighted by Gasteiger charge is 2.22. The van der Waals surface area contributed by atoms with E-state index in [4.69, 9.17) is 9.47 Å². The summed E-state index contributed by atoms with van der Waals surface area (Å²) in [7, 11) is 0. The third kappa shape index (κ3) is 3.99. The van der Waals surface area contributed by atoms with Crippen molar-refractivity contribution in [3.63, 3.8) is 0 Å². The molecule has 8 heteroatoms. The van der Waals surface area contributed by atoms with Crippen LogP contribution in [0.1, 0.15) is 20.1 Å². The second-order valence-corrected chi connectivity index (χ2v) is 4.44. The molecule has 2 unspecified atom stereocenters. The number of rotatable bonds is 4. The van der Waals surface area contributed by atoms with Crippen LogP contribution in [0.4, 0.5) is 5.82 Å². The van der Waals surface area contributed by atoms with E-state index in [1.54, 1.807) is 12.2 Å². The molecule has 2 heterocycles. The predicted molar refractivity (Wildman–Crippen MR) is 72.5 cm³/mol. The minimum atomic E-state index is -0.614. The van der Waals surface area contributed by atoms with E-state index in [9.17, 15) is 14.4 Å². The lowest BCUT2D eigenvalue weighted by Gasteiger charge is -2.16. The molecule has 0 radical (unpaired) electrons. The van der Waals surface area contributed by atoms with Crippen molar-refractivity contribution in [2.45, 2.75) is 26.2 Å². The summed E-state index contributed by atoms with van der Waals surface area (Å²) in [6.45, 7) is 2.73. The number of carbonyl (C=O) groups is 2. The van der Waals surface area contributed by atoms with Crippen molar-refractivity contribution in [1.82, 2.24) is 9.55 Å². The first-order chi connectivity index (χ1) is 9.95. The van der Waals surface area contributed by atoms with Crippen LogP contribution in [-0.4, -0.2) is 34.1 Å². The van der Waals surface area contributed by atoms with Gasteiger partial charge >= 0.3 is 11.7 Å². The van der Waals surface area contributed by atoms with E-state index in [0.717, 1.165) is 0 Å². The van der Waals surface area contributed by atoms with Gasteiger partial charge < -0.3 is 14.8 Å². The molecule has 1 aliphatic rings. The number of esters is 1. The summed E-state index contributed by atoms with van der Waals surface area (Å²) in [5.74, 6) is -0.519. The lowest BCUT2D eigenvalue weighted by atomic mass is 10.4. The molecular weight excluding hydrogens is 278 g/mol. The molecule has 0 aromatic carbocycles. The molecule has 1 N–H and O–H groups in total. The van der Waals surface area contributed by atoms with Crippen LogP contribution in [0.2, 0.25) is 0 Å². The first-order valence-electron chi connectivity index (χ1n) is 6.29. The average Bonchev–Trinajstić information content (AvgIpc) is 2.84. The average molecular weight is 293 g/mol. The summed E-state index contributed by atoms with van der Waals surface area (Å²) in [5.41, 5.74) is -0.552. The molecule has 0 spiro atoms. The second-order valence-electron chi connectivity index (χ2n) is 4.44. The number of ether oxygens (including phenoxy) is 2. The molecule has 1 aliphatic heterocycles. The van der Waals surface area contributed by atoms with E-state index in [1.165, 1.54) is 30.7 Å². The zero-order chi connectivity index (χ0) is 15.4.